The van der Waals surface area contributed by atoms with E-state index in [1.165, 1.54) is 62.9 Å². The van der Waals surface area contributed by atoms with Crippen LogP contribution in [0.5, 0.6) is 0 Å². The van der Waals surface area contributed by atoms with Crippen LogP contribution in [0, 0.1) is 12.8 Å². The smallest absolute Gasteiger partial charge is 0.0234 e. The van der Waals surface area contributed by atoms with Crippen molar-refractivity contribution in [3.63, 3.8) is 0 Å². The predicted molar refractivity (Wildman–Crippen MR) is 101 cm³/mol. The molecule has 1 aromatic carbocycles. The monoisotopic (exact) mass is 316 g/mol. The second kappa shape index (κ2) is 10.1. The fraction of sp³-hybridized carbons (Fsp3) is 0.714. The van der Waals surface area contributed by atoms with Crippen LogP contribution in [0.3, 0.4) is 0 Å². The Morgan fingerprint density at radius 3 is 2.30 bits per heavy atom. The molecule has 1 aliphatic carbocycles. The Labute approximate surface area is 143 Å². The van der Waals surface area contributed by atoms with Crippen LogP contribution in [0.1, 0.15) is 57.1 Å². The minimum absolute atomic E-state index is 0.922. The fourth-order valence-electron chi connectivity index (χ4n) is 3.86. The fourth-order valence-corrected chi connectivity index (χ4v) is 3.86. The van der Waals surface area contributed by atoms with E-state index in [9.17, 15) is 0 Å². The summed E-state index contributed by atoms with van der Waals surface area (Å²) in [5.74, 6) is 0.922. The Bertz CT molecular complexity index is 433. The van der Waals surface area contributed by atoms with Gasteiger partial charge in [0.05, 0.1) is 0 Å². The van der Waals surface area contributed by atoms with Crippen LogP contribution in [0.4, 0.5) is 0 Å². The van der Waals surface area contributed by atoms with Crippen LogP contribution in [0.2, 0.25) is 0 Å². The molecule has 23 heavy (non-hydrogen) atoms. The van der Waals surface area contributed by atoms with Crippen LogP contribution < -0.4 is 0 Å². The normalized spacial score (nSPS) is 16.4. The van der Waals surface area contributed by atoms with Crippen molar-refractivity contribution < 1.29 is 0 Å². The van der Waals surface area contributed by atoms with E-state index in [1.807, 2.05) is 0 Å². The summed E-state index contributed by atoms with van der Waals surface area (Å²) in [5.41, 5.74) is 2.85. The number of likely N-dealkylation sites (N-methyl/N-ethyl adjacent to an activating group) is 1. The third-order valence-electron chi connectivity index (χ3n) is 5.36. The largest absolute Gasteiger partial charge is 0.303 e. The molecule has 0 radical (unpaired) electrons. The molecule has 0 amide bonds. The molecule has 1 aromatic rings. The maximum absolute atomic E-state index is 2.71. The van der Waals surface area contributed by atoms with E-state index in [-0.39, 0.29) is 0 Å². The number of rotatable bonds is 9. The van der Waals surface area contributed by atoms with Crippen molar-refractivity contribution in [1.82, 2.24) is 9.80 Å². The second-order valence-corrected chi connectivity index (χ2v) is 7.26. The maximum Gasteiger partial charge on any atom is 0.0234 e. The first-order valence-electron chi connectivity index (χ1n) is 9.71. The van der Waals surface area contributed by atoms with Gasteiger partial charge in [-0.15, -0.1) is 0 Å². The van der Waals surface area contributed by atoms with Gasteiger partial charge in [-0.2, -0.15) is 0 Å². The molecule has 2 rings (SSSR count). The highest BCUT2D eigenvalue weighted by atomic mass is 15.2. The Kier molecular flexibility index (Phi) is 8.11. The molecule has 0 heterocycles. The minimum Gasteiger partial charge on any atom is -0.303 e. The van der Waals surface area contributed by atoms with Gasteiger partial charge >= 0.3 is 0 Å². The van der Waals surface area contributed by atoms with E-state index in [4.69, 9.17) is 0 Å². The summed E-state index contributed by atoms with van der Waals surface area (Å²) in [4.78, 5) is 5.26. The lowest BCUT2D eigenvalue weighted by Gasteiger charge is -2.31. The van der Waals surface area contributed by atoms with E-state index in [1.54, 1.807) is 0 Å². The van der Waals surface area contributed by atoms with Gasteiger partial charge in [-0.1, -0.05) is 62.9 Å². The van der Waals surface area contributed by atoms with E-state index in [0.29, 0.717) is 0 Å². The number of hydrogen-bond acceptors (Lipinski definition) is 2. The number of nitrogens with zero attached hydrogens (tertiary/aromatic N) is 2. The zero-order valence-electron chi connectivity index (χ0n) is 15.6. The van der Waals surface area contributed by atoms with E-state index >= 15 is 0 Å². The zero-order chi connectivity index (χ0) is 16.5. The van der Waals surface area contributed by atoms with Gasteiger partial charge in [0.15, 0.2) is 0 Å². The molecule has 0 spiro atoms. The van der Waals surface area contributed by atoms with Crippen LogP contribution >= 0.6 is 0 Å². The Morgan fingerprint density at radius 2 is 1.65 bits per heavy atom. The quantitative estimate of drug-likeness (QED) is 0.650. The van der Waals surface area contributed by atoms with Crippen molar-refractivity contribution in [2.45, 2.75) is 59.4 Å². The average Bonchev–Trinajstić information content (AvgIpc) is 2.56. The van der Waals surface area contributed by atoms with Crippen molar-refractivity contribution in [3.8, 4) is 0 Å². The van der Waals surface area contributed by atoms with Crippen LogP contribution in [-0.2, 0) is 6.54 Å². The topological polar surface area (TPSA) is 6.48 Å². The van der Waals surface area contributed by atoms with E-state index in [0.717, 1.165) is 25.6 Å². The lowest BCUT2D eigenvalue weighted by molar-refractivity contribution is 0.167. The van der Waals surface area contributed by atoms with E-state index < -0.39 is 0 Å². The summed E-state index contributed by atoms with van der Waals surface area (Å²) in [6, 6.07) is 9.04. The molecule has 0 aromatic heterocycles. The summed E-state index contributed by atoms with van der Waals surface area (Å²) >= 11 is 0. The van der Waals surface area contributed by atoms with Crippen molar-refractivity contribution >= 4 is 0 Å². The van der Waals surface area contributed by atoms with Gasteiger partial charge < -0.3 is 4.90 Å². The number of hydrogen-bond donors (Lipinski definition) is 0. The third-order valence-corrected chi connectivity index (χ3v) is 5.36. The van der Waals surface area contributed by atoms with Crippen molar-refractivity contribution in [2.75, 3.05) is 32.7 Å². The second-order valence-electron chi connectivity index (χ2n) is 7.26. The van der Waals surface area contributed by atoms with Crippen molar-refractivity contribution in [3.05, 3.63) is 35.4 Å². The first-order chi connectivity index (χ1) is 11.2. The minimum atomic E-state index is 0.922. The molecule has 0 aliphatic heterocycles. The maximum atomic E-state index is 2.71. The highest BCUT2D eigenvalue weighted by Crippen LogP contribution is 2.25. The molecule has 130 valence electrons. The first-order valence-corrected chi connectivity index (χ1v) is 9.71. The molecule has 0 atom stereocenters. The molecule has 1 fully saturated rings. The summed E-state index contributed by atoms with van der Waals surface area (Å²) in [6.07, 6.45) is 7.22. The molecule has 2 heteroatoms. The summed E-state index contributed by atoms with van der Waals surface area (Å²) in [6.45, 7) is 13.9. The molecule has 0 N–H and O–H groups in total. The highest BCUT2D eigenvalue weighted by molar-refractivity contribution is 5.22. The molecule has 0 bridgehead atoms. The first kappa shape index (κ1) is 18.5. The lowest BCUT2D eigenvalue weighted by Crippen LogP contribution is -2.37. The lowest BCUT2D eigenvalue weighted by atomic mass is 9.89. The Morgan fingerprint density at radius 1 is 0.957 bits per heavy atom. The van der Waals surface area contributed by atoms with Gasteiger partial charge in [-0.25, -0.2) is 0 Å². The molecular weight excluding hydrogens is 280 g/mol. The van der Waals surface area contributed by atoms with Gasteiger partial charge in [-0.3, -0.25) is 4.90 Å². The van der Waals surface area contributed by atoms with E-state index in [2.05, 4.69) is 54.8 Å². The van der Waals surface area contributed by atoms with Gasteiger partial charge in [0.25, 0.3) is 0 Å². The zero-order valence-corrected chi connectivity index (χ0v) is 15.6. The molecule has 1 saturated carbocycles. The van der Waals surface area contributed by atoms with Crippen LogP contribution in [0.25, 0.3) is 0 Å². The summed E-state index contributed by atoms with van der Waals surface area (Å²) in [5, 5.41) is 0. The SMILES string of the molecule is CCN(CC)CCN(Cc1cccc(C)c1)CC1CCCCC1. The van der Waals surface area contributed by atoms with Gasteiger partial charge in [0.2, 0.25) is 0 Å². The molecule has 0 saturated heterocycles. The van der Waals surface area contributed by atoms with Gasteiger partial charge in [0.1, 0.15) is 0 Å². The molecule has 0 unspecified atom stereocenters. The van der Waals surface area contributed by atoms with Crippen LogP contribution in [-0.4, -0.2) is 42.5 Å². The molecular formula is C21H36N2. The summed E-state index contributed by atoms with van der Waals surface area (Å²) < 4.78 is 0. The highest BCUT2D eigenvalue weighted by Gasteiger charge is 2.18. The molecule has 2 nitrogen and oxygen atoms in total. The molecule has 1 aliphatic rings. The summed E-state index contributed by atoms with van der Waals surface area (Å²) in [7, 11) is 0. The van der Waals surface area contributed by atoms with Crippen LogP contribution in [0.15, 0.2) is 24.3 Å². The Hall–Kier alpha value is -0.860. The average molecular weight is 317 g/mol. The standard InChI is InChI=1S/C21H36N2/c1-4-22(5-2)14-15-23(17-20-11-7-6-8-12-20)18-21-13-9-10-19(3)16-21/h9-10,13,16,20H,4-8,11-12,14-15,17-18H2,1-3H3. The third kappa shape index (κ3) is 6.64. The predicted octanol–water partition coefficient (Wildman–Crippen LogP) is 4.72. The Balaban J connectivity index is 1.94. The number of benzene rings is 1. The van der Waals surface area contributed by atoms with Crippen molar-refractivity contribution in [1.29, 1.82) is 0 Å². The van der Waals surface area contributed by atoms with Gasteiger partial charge in [0, 0.05) is 26.2 Å². The van der Waals surface area contributed by atoms with Crippen molar-refractivity contribution in [2.24, 2.45) is 5.92 Å². The number of aryl methyl sites for hydroxylation is 1. The van der Waals surface area contributed by atoms with Gasteiger partial charge in [-0.05, 0) is 44.3 Å².